The van der Waals surface area contributed by atoms with E-state index in [2.05, 4.69) is 6.58 Å². The van der Waals surface area contributed by atoms with Gasteiger partial charge >= 0.3 is 5.97 Å². The molecule has 0 N–H and O–H groups in total. The van der Waals surface area contributed by atoms with E-state index < -0.39 is 16.0 Å². The monoisotopic (exact) mass is 451 g/mol. The fourth-order valence-electron chi connectivity index (χ4n) is 3.43. The topological polar surface area (TPSA) is 72.9 Å². The van der Waals surface area contributed by atoms with Crippen LogP contribution in [0.25, 0.3) is 6.08 Å². The van der Waals surface area contributed by atoms with Crippen molar-refractivity contribution in [1.82, 2.24) is 0 Å². The second-order valence-electron chi connectivity index (χ2n) is 7.10. The first-order valence-electron chi connectivity index (χ1n) is 9.88. The van der Waals surface area contributed by atoms with Gasteiger partial charge in [-0.05, 0) is 60.0 Å². The number of benzene rings is 3. The standard InChI is InChI=1S/C25H25NO5S/c1-5-19-15-18(2)24(23(16-19)25(27)31-4)26(17-20-9-7-6-8-10-20)32(28,29)22-13-11-21(30-3)12-14-22/h5-16H,1,17H2,2-4H3. The molecule has 32 heavy (non-hydrogen) atoms. The Balaban J connectivity index is 2.26. The summed E-state index contributed by atoms with van der Waals surface area (Å²) in [6, 6.07) is 18.7. The number of esters is 1. The summed E-state index contributed by atoms with van der Waals surface area (Å²) in [7, 11) is -1.26. The normalized spacial score (nSPS) is 11.0. The van der Waals surface area contributed by atoms with Gasteiger partial charge in [-0.15, -0.1) is 0 Å². The van der Waals surface area contributed by atoms with Gasteiger partial charge in [-0.2, -0.15) is 0 Å². The molecule has 166 valence electrons. The zero-order valence-electron chi connectivity index (χ0n) is 18.2. The Morgan fingerprint density at radius 1 is 1.03 bits per heavy atom. The van der Waals surface area contributed by atoms with Crippen LogP contribution in [0, 0.1) is 6.92 Å². The smallest absolute Gasteiger partial charge is 0.340 e. The molecule has 6 nitrogen and oxygen atoms in total. The Labute approximate surface area is 188 Å². The SMILES string of the molecule is C=Cc1cc(C)c(N(Cc2ccccc2)S(=O)(=O)c2ccc(OC)cc2)c(C(=O)OC)c1. The summed E-state index contributed by atoms with van der Waals surface area (Å²) >= 11 is 0. The minimum Gasteiger partial charge on any atom is -0.497 e. The van der Waals surface area contributed by atoms with Crippen LogP contribution in [0.15, 0.2) is 78.2 Å². The Morgan fingerprint density at radius 2 is 1.69 bits per heavy atom. The summed E-state index contributed by atoms with van der Waals surface area (Å²) < 4.78 is 39.0. The van der Waals surface area contributed by atoms with Crippen molar-refractivity contribution in [3.05, 3.63) is 95.6 Å². The van der Waals surface area contributed by atoms with Gasteiger partial charge in [0.15, 0.2) is 0 Å². The quantitative estimate of drug-likeness (QED) is 0.459. The van der Waals surface area contributed by atoms with Gasteiger partial charge in [0, 0.05) is 0 Å². The van der Waals surface area contributed by atoms with Crippen molar-refractivity contribution < 1.29 is 22.7 Å². The molecule has 0 aliphatic heterocycles. The molecule has 0 saturated carbocycles. The molecular formula is C25H25NO5S. The lowest BCUT2D eigenvalue weighted by Gasteiger charge is -2.28. The van der Waals surface area contributed by atoms with Gasteiger partial charge in [-0.1, -0.05) is 43.0 Å². The van der Waals surface area contributed by atoms with E-state index in [0.29, 0.717) is 16.9 Å². The fourth-order valence-corrected chi connectivity index (χ4v) is 4.97. The van der Waals surface area contributed by atoms with E-state index in [4.69, 9.17) is 9.47 Å². The highest BCUT2D eigenvalue weighted by Gasteiger charge is 2.31. The molecule has 0 saturated heterocycles. The van der Waals surface area contributed by atoms with Crippen LogP contribution < -0.4 is 9.04 Å². The maximum absolute atomic E-state index is 13.8. The number of anilines is 1. The molecule has 3 aromatic rings. The lowest BCUT2D eigenvalue weighted by atomic mass is 10.0. The predicted molar refractivity (Wildman–Crippen MR) is 125 cm³/mol. The van der Waals surface area contributed by atoms with Crippen LogP contribution in [0.4, 0.5) is 5.69 Å². The molecule has 0 aliphatic rings. The van der Waals surface area contributed by atoms with Crippen molar-refractivity contribution in [2.75, 3.05) is 18.5 Å². The van der Waals surface area contributed by atoms with Gasteiger partial charge < -0.3 is 9.47 Å². The van der Waals surface area contributed by atoms with Gasteiger partial charge in [-0.25, -0.2) is 13.2 Å². The van der Waals surface area contributed by atoms with E-state index in [-0.39, 0.29) is 22.7 Å². The van der Waals surface area contributed by atoms with Gasteiger partial charge in [0.05, 0.1) is 36.9 Å². The van der Waals surface area contributed by atoms with Crippen LogP contribution in [-0.2, 0) is 21.3 Å². The molecule has 0 bridgehead atoms. The molecule has 0 aliphatic carbocycles. The molecule has 7 heteroatoms. The van der Waals surface area contributed by atoms with Crippen LogP contribution in [0.5, 0.6) is 5.75 Å². The number of ether oxygens (including phenoxy) is 2. The Kier molecular flexibility index (Phi) is 7.00. The molecule has 0 spiro atoms. The molecule has 0 aromatic heterocycles. The highest BCUT2D eigenvalue weighted by atomic mass is 32.2. The van der Waals surface area contributed by atoms with E-state index in [1.54, 1.807) is 37.3 Å². The predicted octanol–water partition coefficient (Wildman–Crippen LogP) is 4.83. The Bertz CT molecular complexity index is 1220. The third kappa shape index (κ3) is 4.68. The van der Waals surface area contributed by atoms with E-state index in [9.17, 15) is 13.2 Å². The number of aryl methyl sites for hydroxylation is 1. The van der Waals surface area contributed by atoms with E-state index >= 15 is 0 Å². The fraction of sp³-hybridized carbons (Fsp3) is 0.160. The molecule has 0 amide bonds. The molecule has 0 heterocycles. The number of methoxy groups -OCH3 is 2. The third-order valence-corrected chi connectivity index (χ3v) is 6.79. The minimum atomic E-state index is -4.04. The van der Waals surface area contributed by atoms with Crippen LogP contribution in [-0.4, -0.2) is 28.6 Å². The summed E-state index contributed by atoms with van der Waals surface area (Å²) in [6.45, 7) is 5.55. The number of hydrogen-bond donors (Lipinski definition) is 0. The van der Waals surface area contributed by atoms with Gasteiger partial charge in [0.25, 0.3) is 10.0 Å². The van der Waals surface area contributed by atoms with Gasteiger partial charge in [-0.3, -0.25) is 4.31 Å². The molecule has 0 atom stereocenters. The lowest BCUT2D eigenvalue weighted by Crippen LogP contribution is -2.33. The van der Waals surface area contributed by atoms with E-state index in [1.807, 2.05) is 30.3 Å². The van der Waals surface area contributed by atoms with Crippen molar-refractivity contribution in [1.29, 1.82) is 0 Å². The third-order valence-electron chi connectivity index (χ3n) is 5.03. The van der Waals surface area contributed by atoms with Crippen molar-refractivity contribution in [2.24, 2.45) is 0 Å². The molecule has 0 fully saturated rings. The van der Waals surface area contributed by atoms with Crippen molar-refractivity contribution >= 4 is 27.8 Å². The zero-order chi connectivity index (χ0) is 23.3. The van der Waals surface area contributed by atoms with E-state index in [1.165, 1.54) is 30.7 Å². The molecule has 0 unspecified atom stereocenters. The first-order chi connectivity index (χ1) is 15.3. The minimum absolute atomic E-state index is 0.0352. The number of hydrogen-bond acceptors (Lipinski definition) is 5. The second kappa shape index (κ2) is 9.70. The second-order valence-corrected chi connectivity index (χ2v) is 8.96. The Hall–Kier alpha value is -3.58. The number of carbonyl (C=O) groups excluding carboxylic acids is 1. The summed E-state index contributed by atoms with van der Waals surface area (Å²) in [4.78, 5) is 12.7. The largest absolute Gasteiger partial charge is 0.497 e. The maximum atomic E-state index is 13.8. The van der Waals surface area contributed by atoms with Crippen molar-refractivity contribution in [3.8, 4) is 5.75 Å². The molecule has 3 rings (SSSR count). The Morgan fingerprint density at radius 3 is 2.25 bits per heavy atom. The highest BCUT2D eigenvalue weighted by molar-refractivity contribution is 7.92. The summed E-state index contributed by atoms with van der Waals surface area (Å²) in [6.07, 6.45) is 1.60. The van der Waals surface area contributed by atoms with Crippen molar-refractivity contribution in [2.45, 2.75) is 18.4 Å². The zero-order valence-corrected chi connectivity index (χ0v) is 19.1. The number of rotatable bonds is 8. The molecule has 0 radical (unpaired) electrons. The molecule has 3 aromatic carbocycles. The summed E-state index contributed by atoms with van der Waals surface area (Å²) in [5.74, 6) is -0.0879. The number of sulfonamides is 1. The molecular weight excluding hydrogens is 426 g/mol. The van der Waals surface area contributed by atoms with E-state index in [0.717, 1.165) is 5.56 Å². The average Bonchev–Trinajstić information content (AvgIpc) is 2.82. The highest BCUT2D eigenvalue weighted by Crippen LogP contribution is 2.34. The van der Waals surface area contributed by atoms with Crippen LogP contribution >= 0.6 is 0 Å². The summed E-state index contributed by atoms with van der Waals surface area (Å²) in [5.41, 5.74) is 2.48. The number of nitrogens with zero attached hydrogens (tertiary/aromatic N) is 1. The number of carbonyl (C=O) groups is 1. The summed E-state index contributed by atoms with van der Waals surface area (Å²) in [5, 5.41) is 0. The van der Waals surface area contributed by atoms with Crippen molar-refractivity contribution in [3.63, 3.8) is 0 Å². The van der Waals surface area contributed by atoms with Gasteiger partial charge in [0.2, 0.25) is 0 Å². The van der Waals surface area contributed by atoms with Gasteiger partial charge in [0.1, 0.15) is 5.75 Å². The lowest BCUT2D eigenvalue weighted by molar-refractivity contribution is 0.0601. The van der Waals surface area contributed by atoms with Crippen LogP contribution in [0.1, 0.15) is 27.0 Å². The first kappa shape index (κ1) is 23.1. The first-order valence-corrected chi connectivity index (χ1v) is 11.3. The average molecular weight is 452 g/mol. The van der Waals surface area contributed by atoms with Crippen LogP contribution in [0.3, 0.4) is 0 Å². The van der Waals surface area contributed by atoms with Crippen LogP contribution in [0.2, 0.25) is 0 Å². The maximum Gasteiger partial charge on any atom is 0.340 e.